The maximum absolute atomic E-state index is 8.86. The third-order valence-electron chi connectivity index (χ3n) is 4.20. The van der Waals surface area contributed by atoms with Crippen molar-refractivity contribution in [3.63, 3.8) is 0 Å². The van der Waals surface area contributed by atoms with Crippen LogP contribution in [-0.4, -0.2) is 13.3 Å². The first-order valence-electron chi connectivity index (χ1n) is 8.99. The Morgan fingerprint density at radius 3 is 2.59 bits per heavy atom. The Morgan fingerprint density at radius 2 is 1.86 bits per heavy atom. The predicted molar refractivity (Wildman–Crippen MR) is 114 cm³/mol. The molecule has 3 aromatic rings. The second kappa shape index (κ2) is 10.2. The molecule has 0 amide bonds. The van der Waals surface area contributed by atoms with E-state index in [-0.39, 0.29) is 0 Å². The summed E-state index contributed by atoms with van der Waals surface area (Å²) in [5, 5.41) is 13.8. The highest BCUT2D eigenvalue weighted by Gasteiger charge is 2.06. The molecule has 0 radical (unpaired) electrons. The monoisotopic (exact) mass is 405 g/mol. The van der Waals surface area contributed by atoms with E-state index in [1.807, 2.05) is 54.6 Å². The van der Waals surface area contributed by atoms with Crippen molar-refractivity contribution < 1.29 is 9.47 Å². The topological polar surface area (TPSA) is 66.6 Å². The summed E-state index contributed by atoms with van der Waals surface area (Å²) in [7, 11) is 1.60. The quantitative estimate of drug-likeness (QED) is 0.426. The third-order valence-corrected chi connectivity index (χ3v) is 4.57. The normalized spacial score (nSPS) is 10.5. The zero-order valence-corrected chi connectivity index (χ0v) is 16.7. The number of benzene rings is 3. The first-order valence-corrected chi connectivity index (χ1v) is 9.36. The van der Waals surface area contributed by atoms with Gasteiger partial charge in [0.2, 0.25) is 0 Å². The SMILES string of the molecule is COc1cc(/C=N\NCc2ccccc2Cl)ccc1OCc1ccc(C#N)cc1. The van der Waals surface area contributed by atoms with Gasteiger partial charge in [-0.3, -0.25) is 0 Å². The van der Waals surface area contributed by atoms with E-state index in [1.54, 1.807) is 25.5 Å². The van der Waals surface area contributed by atoms with Crippen LogP contribution in [0.4, 0.5) is 0 Å². The molecule has 1 N–H and O–H groups in total. The van der Waals surface area contributed by atoms with Gasteiger partial charge in [-0.15, -0.1) is 0 Å². The van der Waals surface area contributed by atoms with Gasteiger partial charge in [0.1, 0.15) is 6.61 Å². The van der Waals surface area contributed by atoms with E-state index in [0.717, 1.165) is 16.7 Å². The van der Waals surface area contributed by atoms with Gasteiger partial charge in [-0.1, -0.05) is 41.9 Å². The van der Waals surface area contributed by atoms with E-state index < -0.39 is 0 Å². The third kappa shape index (κ3) is 5.74. The zero-order valence-electron chi connectivity index (χ0n) is 15.9. The largest absolute Gasteiger partial charge is 0.493 e. The van der Waals surface area contributed by atoms with Crippen LogP contribution in [0.1, 0.15) is 22.3 Å². The number of hydrogen-bond acceptors (Lipinski definition) is 5. The van der Waals surface area contributed by atoms with Crippen LogP contribution in [0.3, 0.4) is 0 Å². The molecule has 0 aromatic heterocycles. The van der Waals surface area contributed by atoms with Crippen molar-refractivity contribution in [2.75, 3.05) is 7.11 Å². The molecule has 0 bridgehead atoms. The Kier molecular flexibility index (Phi) is 7.10. The van der Waals surface area contributed by atoms with Crippen molar-refractivity contribution in [1.82, 2.24) is 5.43 Å². The van der Waals surface area contributed by atoms with Crippen LogP contribution >= 0.6 is 11.6 Å². The summed E-state index contributed by atoms with van der Waals surface area (Å²) in [4.78, 5) is 0. The summed E-state index contributed by atoms with van der Waals surface area (Å²) in [5.74, 6) is 1.26. The fourth-order valence-corrected chi connectivity index (χ4v) is 2.82. The van der Waals surface area contributed by atoms with E-state index in [4.69, 9.17) is 26.3 Å². The minimum Gasteiger partial charge on any atom is -0.493 e. The lowest BCUT2D eigenvalue weighted by Gasteiger charge is -2.11. The van der Waals surface area contributed by atoms with Crippen LogP contribution in [0.25, 0.3) is 0 Å². The lowest BCUT2D eigenvalue weighted by atomic mass is 10.1. The minimum atomic E-state index is 0.384. The second-order valence-corrected chi connectivity index (χ2v) is 6.60. The molecule has 29 heavy (non-hydrogen) atoms. The fraction of sp³-hybridized carbons (Fsp3) is 0.130. The van der Waals surface area contributed by atoms with Crippen LogP contribution in [-0.2, 0) is 13.2 Å². The number of methoxy groups -OCH3 is 1. The molecular weight excluding hydrogens is 386 g/mol. The van der Waals surface area contributed by atoms with Crippen LogP contribution in [0, 0.1) is 11.3 Å². The minimum absolute atomic E-state index is 0.384. The number of rotatable bonds is 8. The molecule has 3 aromatic carbocycles. The molecular formula is C23H20ClN3O2. The molecule has 0 atom stereocenters. The molecule has 6 heteroatoms. The van der Waals surface area contributed by atoms with Gasteiger partial charge in [0.15, 0.2) is 11.5 Å². The van der Waals surface area contributed by atoms with Gasteiger partial charge in [0.25, 0.3) is 0 Å². The summed E-state index contributed by atoms with van der Waals surface area (Å²) in [6.45, 7) is 0.925. The number of ether oxygens (including phenoxy) is 2. The molecule has 0 spiro atoms. The van der Waals surface area contributed by atoms with Crippen molar-refractivity contribution in [2.24, 2.45) is 5.10 Å². The van der Waals surface area contributed by atoms with E-state index in [1.165, 1.54) is 0 Å². The number of nitrogens with zero attached hydrogens (tertiary/aromatic N) is 2. The smallest absolute Gasteiger partial charge is 0.161 e. The molecule has 0 aliphatic rings. The zero-order chi connectivity index (χ0) is 20.5. The van der Waals surface area contributed by atoms with Gasteiger partial charge in [-0.05, 0) is 53.1 Å². The highest BCUT2D eigenvalue weighted by atomic mass is 35.5. The highest BCUT2D eigenvalue weighted by molar-refractivity contribution is 6.31. The maximum Gasteiger partial charge on any atom is 0.161 e. The lowest BCUT2D eigenvalue weighted by Crippen LogP contribution is -2.06. The molecule has 0 aliphatic carbocycles. The Hall–Kier alpha value is -3.49. The first-order chi connectivity index (χ1) is 14.2. The molecule has 0 unspecified atom stereocenters. The Bertz CT molecular complexity index is 1030. The van der Waals surface area contributed by atoms with Crippen molar-refractivity contribution in [3.05, 3.63) is 94.0 Å². The summed E-state index contributed by atoms with van der Waals surface area (Å²) >= 11 is 6.13. The molecule has 0 aliphatic heterocycles. The van der Waals surface area contributed by atoms with Crippen molar-refractivity contribution in [3.8, 4) is 17.6 Å². The number of halogens is 1. The summed E-state index contributed by atoms with van der Waals surface area (Å²) in [6.07, 6.45) is 1.71. The van der Waals surface area contributed by atoms with Crippen LogP contribution in [0.2, 0.25) is 5.02 Å². The molecule has 3 rings (SSSR count). The molecule has 0 saturated heterocycles. The van der Waals surface area contributed by atoms with Crippen LogP contribution in [0.15, 0.2) is 71.8 Å². The van der Waals surface area contributed by atoms with Crippen LogP contribution in [0.5, 0.6) is 11.5 Å². The average Bonchev–Trinajstić information content (AvgIpc) is 2.77. The maximum atomic E-state index is 8.86. The number of nitrogens with one attached hydrogen (secondary N) is 1. The van der Waals surface area contributed by atoms with E-state index in [2.05, 4.69) is 16.6 Å². The Labute approximate surface area is 175 Å². The fourth-order valence-electron chi connectivity index (χ4n) is 2.61. The second-order valence-electron chi connectivity index (χ2n) is 6.19. The van der Waals surface area contributed by atoms with Crippen molar-refractivity contribution >= 4 is 17.8 Å². The summed E-state index contributed by atoms with van der Waals surface area (Å²) in [6, 6.07) is 22.6. The first kappa shape index (κ1) is 20.2. The number of hydrazone groups is 1. The van der Waals surface area contributed by atoms with E-state index in [0.29, 0.717) is 35.2 Å². The standard InChI is InChI=1S/C23H20ClN3O2/c1-28-23-12-19(14-26-27-15-20-4-2-3-5-21(20)24)10-11-22(23)29-16-18-8-6-17(13-25)7-9-18/h2-12,14,27H,15-16H2,1H3/b26-14-. The Morgan fingerprint density at radius 1 is 1.07 bits per heavy atom. The molecule has 0 saturated carbocycles. The number of hydrogen-bond donors (Lipinski definition) is 1. The summed E-state index contributed by atoms with van der Waals surface area (Å²) in [5.41, 5.74) is 6.44. The van der Waals surface area contributed by atoms with E-state index >= 15 is 0 Å². The molecule has 0 heterocycles. The molecule has 146 valence electrons. The molecule has 0 fully saturated rings. The van der Waals surface area contributed by atoms with Gasteiger partial charge >= 0.3 is 0 Å². The molecule has 5 nitrogen and oxygen atoms in total. The van der Waals surface area contributed by atoms with Crippen molar-refractivity contribution in [2.45, 2.75) is 13.2 Å². The van der Waals surface area contributed by atoms with Gasteiger partial charge < -0.3 is 14.9 Å². The summed E-state index contributed by atoms with van der Waals surface area (Å²) < 4.78 is 11.3. The van der Waals surface area contributed by atoms with Gasteiger partial charge in [-0.25, -0.2) is 0 Å². The number of nitriles is 1. The van der Waals surface area contributed by atoms with Crippen molar-refractivity contribution in [1.29, 1.82) is 5.26 Å². The van der Waals surface area contributed by atoms with Gasteiger partial charge in [0.05, 0.1) is 31.5 Å². The van der Waals surface area contributed by atoms with Gasteiger partial charge in [0, 0.05) is 5.02 Å². The predicted octanol–water partition coefficient (Wildman–Crippen LogP) is 4.92. The van der Waals surface area contributed by atoms with Gasteiger partial charge in [-0.2, -0.15) is 10.4 Å². The highest BCUT2D eigenvalue weighted by Crippen LogP contribution is 2.28. The Balaban J connectivity index is 1.59. The van der Waals surface area contributed by atoms with Crippen LogP contribution < -0.4 is 14.9 Å². The lowest BCUT2D eigenvalue weighted by molar-refractivity contribution is 0.284. The average molecular weight is 406 g/mol. The van der Waals surface area contributed by atoms with E-state index in [9.17, 15) is 0 Å².